The molecule has 0 radical (unpaired) electrons. The van der Waals surface area contributed by atoms with E-state index in [1.54, 1.807) is 12.3 Å². The van der Waals surface area contributed by atoms with Gasteiger partial charge >= 0.3 is 151 Å². The second-order valence-corrected chi connectivity index (χ2v) is 55.6. The Morgan fingerprint density at radius 3 is 0.963 bits per heavy atom. The van der Waals surface area contributed by atoms with Gasteiger partial charge in [0.1, 0.15) is 23.0 Å². The van der Waals surface area contributed by atoms with E-state index in [4.69, 9.17) is 88.1 Å². The maximum atomic E-state index is 11.7. The van der Waals surface area contributed by atoms with E-state index in [2.05, 4.69) is 108 Å². The molecule has 0 heterocycles. The van der Waals surface area contributed by atoms with Gasteiger partial charge in [-0.3, -0.25) is 30.1 Å². The number of hydrogen-bond acceptors (Lipinski definition) is 10. The van der Waals surface area contributed by atoms with Gasteiger partial charge in [0.2, 0.25) is 0 Å². The van der Waals surface area contributed by atoms with Gasteiger partial charge in [-0.2, -0.15) is 0 Å². The predicted octanol–water partition coefficient (Wildman–Crippen LogP) is 38.7. The van der Waals surface area contributed by atoms with Crippen LogP contribution in [0.15, 0.2) is 105 Å². The summed E-state index contributed by atoms with van der Waals surface area (Å²) in [6.45, 7) is 13.7. The Balaban J connectivity index is 0.000000266. The van der Waals surface area contributed by atoms with Crippen LogP contribution in [0.3, 0.4) is 0 Å². The summed E-state index contributed by atoms with van der Waals surface area (Å²) in [6.07, 6.45) is 83.3. The van der Waals surface area contributed by atoms with E-state index in [-0.39, 0.29) is 28.3 Å². The number of nitro benzene ring substituents is 1. The van der Waals surface area contributed by atoms with Crippen molar-refractivity contribution in [3.8, 4) is 34.1 Å². The molecule has 8 aliphatic rings. The topological polar surface area (TPSA) is 174 Å². The number of para-hydroxylation sites is 1. The summed E-state index contributed by atoms with van der Waals surface area (Å²) in [6, 6.07) is 30.2. The van der Waals surface area contributed by atoms with Gasteiger partial charge in [0, 0.05) is 64.8 Å². The predicted molar refractivity (Wildman–Crippen MR) is 571 cm³/mol. The van der Waals surface area contributed by atoms with Crippen molar-refractivity contribution < 1.29 is 109 Å². The minimum absolute atomic E-state index is 0.0667. The molecular weight excluding hydrogens is 2160 g/mol. The number of aliphatic imine (C=N–C) groups is 4. The van der Waals surface area contributed by atoms with E-state index in [9.17, 15) is 30.5 Å². The molecule has 5 aromatic rings. The van der Waals surface area contributed by atoms with Crippen LogP contribution >= 0.6 is 68.1 Å². The second kappa shape index (κ2) is 76.7. The van der Waals surface area contributed by atoms with E-state index >= 15 is 0 Å². The van der Waals surface area contributed by atoms with Crippen LogP contribution in [0.25, 0.3) is 11.1 Å². The molecule has 0 amide bonds. The van der Waals surface area contributed by atoms with Crippen LogP contribution < -0.4 is 0 Å². The molecule has 0 saturated heterocycles. The number of aryl methyl sites for hydroxylation is 1. The number of nitrogens with zero attached hydrogens (tertiary/aromatic N) is 5. The number of hydrogen-bond donors (Lipinski definition) is 4. The molecule has 9 atom stereocenters. The van der Waals surface area contributed by atoms with E-state index in [1.807, 2.05) is 24.7 Å². The van der Waals surface area contributed by atoms with Crippen molar-refractivity contribution in [3.63, 3.8) is 0 Å². The molecule has 23 heteroatoms. The van der Waals surface area contributed by atoms with Gasteiger partial charge in [0.05, 0.1) is 29.1 Å². The van der Waals surface area contributed by atoms with Crippen molar-refractivity contribution in [2.75, 3.05) is 0 Å². The molecule has 0 aliphatic heterocycles. The van der Waals surface area contributed by atoms with Crippen LogP contribution in [-0.4, -0.2) is 74.4 Å². The van der Waals surface area contributed by atoms with Crippen molar-refractivity contribution >= 4 is 98.6 Å². The van der Waals surface area contributed by atoms with Crippen LogP contribution in [0.2, 0.25) is 0 Å². The Kier molecular flexibility index (Phi) is 69.9. The van der Waals surface area contributed by atoms with Crippen LogP contribution in [0.1, 0.15) is 487 Å². The Morgan fingerprint density at radius 1 is 0.296 bits per heavy atom. The summed E-state index contributed by atoms with van der Waals surface area (Å²) in [5, 5.41) is 56.7. The fourth-order valence-corrected chi connectivity index (χ4v) is 22.3. The maximum absolute atomic E-state index is 11.7. The molecule has 0 spiro atoms. The first-order valence-corrected chi connectivity index (χ1v) is 78.7. The van der Waals surface area contributed by atoms with Gasteiger partial charge in [-0.1, -0.05) is 384 Å². The van der Waals surface area contributed by atoms with E-state index < -0.39 is 83.4 Å². The van der Waals surface area contributed by atoms with Gasteiger partial charge in [-0.25, -0.2) is 0 Å². The number of benzene rings is 5. The third kappa shape index (κ3) is 48.2. The zero-order valence-electron chi connectivity index (χ0n) is 83.5. The molecule has 0 bridgehead atoms. The van der Waals surface area contributed by atoms with E-state index in [1.165, 1.54) is 358 Å². The summed E-state index contributed by atoms with van der Waals surface area (Å²) >= 11 is -3.30. The molecule has 752 valence electrons. The summed E-state index contributed by atoms with van der Waals surface area (Å²) in [5.74, 6) is 6.51. The summed E-state index contributed by atoms with van der Waals surface area (Å²) < 4.78 is 0. The zero-order chi connectivity index (χ0) is 97.4. The molecule has 11 nitrogen and oxygen atoms in total. The summed E-state index contributed by atoms with van der Waals surface area (Å²) in [7, 11) is 39.5. The molecule has 9 unspecified atom stereocenters. The molecule has 8 saturated carbocycles. The number of phenolic OH excluding ortho intramolecular Hbond substituents is 4. The number of phenols is 4. The quantitative estimate of drug-likeness (QED) is 0.0489. The standard InChI is InChI=1S/C32H45NO.2C27H43NO.C26H40N2O3.8ClH.4Zr/c1-25-16-14-15-21-31(25)33-24-30-28(26-17-12-9-13-18-26)22-23-29(32(30)34)27-19-10-7-5-3-2-4-6-8-11-20-27;1-21-14-12-19-26(22(21)2)28-20-24-17-13-18-25(27(24)29)23-15-10-8-6-4-3-5-7-9-11-16-23;1-21-18-19-24(23-15-10-8-6-4-3-5-7-9-11-16-23)27(29)25(21)20-28-26-17-13-12-14-22(26)2;1-20-13-11-12-16-25(20)27-19-22-17-23(28(30)31)18-24(26(22)29)21-14-9-7-5-3-2-4-6-8-10-15-21;;;;;;;;;;;;/h9,12-13,17-18,22-25,27,31,34H,2-8,10-11,14-16,19-21H2,1H3;13,17-18,20-23,26,29H,3-12,14-16,19H2,1-2H3;18-20,22-23,26,29H,3-17H2,1-2H3;17-21,25,29H,2-16H2,1H3;8*1H;;;;/q;;;;;;;;;;;;4*+2/p-8. The molecular formula is C112H171Cl8N5O6Zr4. The van der Waals surface area contributed by atoms with E-state index in [0.29, 0.717) is 82.4 Å². The second-order valence-electron chi connectivity index (χ2n) is 40.6. The Labute approximate surface area is 894 Å². The van der Waals surface area contributed by atoms with Crippen molar-refractivity contribution in [2.45, 2.75) is 468 Å². The van der Waals surface area contributed by atoms with Crippen molar-refractivity contribution in [2.24, 2.45) is 49.6 Å². The summed E-state index contributed by atoms with van der Waals surface area (Å²) in [4.78, 5) is 31.0. The first-order valence-electron chi connectivity index (χ1n) is 53.3. The van der Waals surface area contributed by atoms with Gasteiger partial charge in [-0.05, 0) is 196 Å². The molecule has 0 aromatic heterocycles. The fourth-order valence-electron chi connectivity index (χ4n) is 22.3. The molecule has 135 heavy (non-hydrogen) atoms. The van der Waals surface area contributed by atoms with Gasteiger partial charge in [0.15, 0.2) is 0 Å². The molecule has 8 aliphatic carbocycles. The van der Waals surface area contributed by atoms with Crippen LogP contribution in [0, 0.1) is 46.6 Å². The SMILES string of the molecule is CC1CCCC(N=Cc2cccc(C3CCCCCCCCCCC3)c2O)C1C.CC1CCCCC1N=Cc1c(-c2ccccc2)ccc(C2CCCCCCCCCCC2)c1O.CC1CCCCC1N=Cc1cc([N+](=O)[O-])cc(C2CCCCCCCCCCC2)c1O.Cc1ccc(C2CCCCCCCCCCC2)c(O)c1C=NC1CCCCC1C.[Cl][Zr][Cl].[Cl][Zr][Cl].[Cl][Zr][Cl].[Cl][Zr][Cl]. The Hall–Kier alpha value is -0.768. The van der Waals surface area contributed by atoms with Gasteiger partial charge < -0.3 is 20.4 Å². The average Bonchev–Trinajstić information content (AvgIpc) is 0.787. The van der Waals surface area contributed by atoms with Crippen LogP contribution in [-0.2, 0) is 83.4 Å². The van der Waals surface area contributed by atoms with Gasteiger partial charge in [-0.15, -0.1) is 0 Å². The average molecular weight is 2330 g/mol. The van der Waals surface area contributed by atoms with E-state index in [0.717, 1.165) is 88.1 Å². The van der Waals surface area contributed by atoms with Crippen molar-refractivity contribution in [1.82, 2.24) is 0 Å². The third-order valence-electron chi connectivity index (χ3n) is 30.9. The number of rotatable bonds is 14. The first-order chi connectivity index (χ1) is 65.8. The monoisotopic (exact) mass is 2320 g/mol. The molecule has 4 N–H and O–H groups in total. The molecule has 13 rings (SSSR count). The number of halogens is 8. The number of non-ortho nitro benzene ring substituents is 1. The number of nitro groups is 1. The minimum atomic E-state index is -0.826. The Bertz CT molecular complexity index is 4020. The summed E-state index contributed by atoms with van der Waals surface area (Å²) in [5.41, 5.74) is 11.0. The van der Waals surface area contributed by atoms with Crippen molar-refractivity contribution in [3.05, 3.63) is 145 Å². The first kappa shape index (κ1) is 123. The number of aromatic hydroxyl groups is 4. The zero-order valence-corrected chi connectivity index (χ0v) is 99.4. The molecule has 5 aromatic carbocycles. The normalized spacial score (nSPS) is 24.0. The third-order valence-corrected chi connectivity index (χ3v) is 30.9. The van der Waals surface area contributed by atoms with Crippen molar-refractivity contribution in [1.29, 1.82) is 0 Å². The van der Waals surface area contributed by atoms with Crippen LogP contribution in [0.5, 0.6) is 23.0 Å². The Morgan fingerprint density at radius 2 is 0.585 bits per heavy atom. The van der Waals surface area contributed by atoms with Crippen LogP contribution in [0.4, 0.5) is 5.69 Å². The molecule has 8 fully saturated rings. The fraction of sp³-hybridized carbons (Fsp3) is 0.696. The van der Waals surface area contributed by atoms with Gasteiger partial charge in [0.25, 0.3) is 5.69 Å².